The fraction of sp³-hybridized carbons (Fsp3) is 0.226. The molecule has 0 radical (unpaired) electrons. The quantitative estimate of drug-likeness (QED) is 0.281. The summed E-state index contributed by atoms with van der Waals surface area (Å²) in [5.74, 6) is 0.0120. The molecule has 7 heteroatoms. The zero-order valence-electron chi connectivity index (χ0n) is 21.2. The molecule has 2 aliphatic rings. The van der Waals surface area contributed by atoms with Gasteiger partial charge in [0.2, 0.25) is 0 Å². The minimum Gasteiger partial charge on any atom is -0.379 e. The fourth-order valence-corrected chi connectivity index (χ4v) is 5.90. The van der Waals surface area contributed by atoms with Gasteiger partial charge < -0.3 is 9.30 Å². The van der Waals surface area contributed by atoms with Crippen molar-refractivity contribution in [3.8, 4) is 5.69 Å². The Kier molecular flexibility index (Phi) is 7.40. The summed E-state index contributed by atoms with van der Waals surface area (Å²) in [6.07, 6.45) is 4.92. The van der Waals surface area contributed by atoms with Crippen LogP contribution in [0.25, 0.3) is 22.5 Å². The maximum atomic E-state index is 13.7. The van der Waals surface area contributed by atoms with Gasteiger partial charge in [0.15, 0.2) is 5.17 Å². The van der Waals surface area contributed by atoms with Crippen LogP contribution in [0.4, 0.5) is 5.69 Å². The van der Waals surface area contributed by atoms with Crippen molar-refractivity contribution in [1.29, 1.82) is 0 Å². The van der Waals surface area contributed by atoms with Crippen LogP contribution in [0, 0.1) is 0 Å². The van der Waals surface area contributed by atoms with E-state index in [0.717, 1.165) is 61.5 Å². The van der Waals surface area contributed by atoms with E-state index in [4.69, 9.17) is 9.73 Å². The number of aromatic nitrogens is 1. The molecule has 1 aromatic heterocycles. The Morgan fingerprint density at radius 1 is 0.868 bits per heavy atom. The number of aliphatic imine (C=N–C) groups is 1. The Morgan fingerprint density at radius 3 is 2.50 bits per heavy atom. The predicted molar refractivity (Wildman–Crippen MR) is 156 cm³/mol. The van der Waals surface area contributed by atoms with E-state index in [2.05, 4.69) is 51.9 Å². The molecular formula is C31H30N4O2S. The summed E-state index contributed by atoms with van der Waals surface area (Å²) >= 11 is 1.45. The Bertz CT molecular complexity index is 1490. The first-order valence-corrected chi connectivity index (χ1v) is 13.9. The summed E-state index contributed by atoms with van der Waals surface area (Å²) in [4.78, 5) is 23.4. The van der Waals surface area contributed by atoms with E-state index in [0.29, 0.717) is 11.4 Å². The molecule has 1 amide bonds. The lowest BCUT2D eigenvalue weighted by Gasteiger charge is -2.27. The Balaban J connectivity index is 1.27. The highest BCUT2D eigenvalue weighted by Crippen LogP contribution is 2.35. The van der Waals surface area contributed by atoms with Crippen LogP contribution in [0.15, 0.2) is 101 Å². The van der Waals surface area contributed by atoms with E-state index < -0.39 is 0 Å². The second-order valence-corrected chi connectivity index (χ2v) is 10.4. The van der Waals surface area contributed by atoms with Crippen molar-refractivity contribution >= 4 is 45.4 Å². The second kappa shape index (κ2) is 11.4. The van der Waals surface area contributed by atoms with Gasteiger partial charge >= 0.3 is 0 Å². The highest BCUT2D eigenvalue weighted by molar-refractivity contribution is 8.18. The number of amidine groups is 1. The van der Waals surface area contributed by atoms with Crippen molar-refractivity contribution in [2.75, 3.05) is 39.4 Å². The largest absolute Gasteiger partial charge is 0.379 e. The summed E-state index contributed by atoms with van der Waals surface area (Å²) in [7, 11) is 0. The third-order valence-corrected chi connectivity index (χ3v) is 7.91. The van der Waals surface area contributed by atoms with Gasteiger partial charge in [0.25, 0.3) is 5.91 Å². The first-order valence-electron chi connectivity index (χ1n) is 13.1. The number of hydrogen-bond donors (Lipinski definition) is 0. The molecule has 0 unspecified atom stereocenters. The molecule has 0 N–H and O–H groups in total. The van der Waals surface area contributed by atoms with Gasteiger partial charge in [-0.2, -0.15) is 0 Å². The van der Waals surface area contributed by atoms with E-state index in [9.17, 15) is 4.79 Å². The molecule has 6 rings (SSSR count). The average molecular weight is 523 g/mol. The fourth-order valence-electron chi connectivity index (χ4n) is 4.89. The van der Waals surface area contributed by atoms with E-state index in [1.54, 1.807) is 0 Å². The maximum Gasteiger partial charge on any atom is 0.266 e. The van der Waals surface area contributed by atoms with Gasteiger partial charge in [-0.1, -0.05) is 48.5 Å². The monoisotopic (exact) mass is 522 g/mol. The lowest BCUT2D eigenvalue weighted by atomic mass is 10.1. The normalized spacial score (nSPS) is 18.7. The molecule has 0 bridgehead atoms. The summed E-state index contributed by atoms with van der Waals surface area (Å²) in [6, 6.07) is 28.7. The van der Waals surface area contributed by atoms with Crippen LogP contribution in [-0.4, -0.2) is 64.8 Å². The Hall–Kier alpha value is -3.65. The average Bonchev–Trinajstić information content (AvgIpc) is 3.54. The molecular weight excluding hydrogens is 492 g/mol. The summed E-state index contributed by atoms with van der Waals surface area (Å²) < 4.78 is 7.60. The molecule has 0 saturated carbocycles. The zero-order valence-corrected chi connectivity index (χ0v) is 22.0. The number of carbonyl (C=O) groups excluding carboxylic acids is 1. The van der Waals surface area contributed by atoms with Crippen LogP contribution in [-0.2, 0) is 9.53 Å². The topological polar surface area (TPSA) is 50.1 Å². The first-order chi connectivity index (χ1) is 18.7. The third kappa shape index (κ3) is 5.45. The molecule has 38 heavy (non-hydrogen) atoms. The molecule has 3 aromatic carbocycles. The van der Waals surface area contributed by atoms with Crippen LogP contribution in [0.5, 0.6) is 0 Å². The molecule has 0 atom stereocenters. The van der Waals surface area contributed by atoms with Crippen molar-refractivity contribution in [3.05, 3.63) is 102 Å². The number of ether oxygens (including phenoxy) is 1. The van der Waals surface area contributed by atoms with Crippen LogP contribution in [0.2, 0.25) is 0 Å². The van der Waals surface area contributed by atoms with Crippen molar-refractivity contribution in [2.45, 2.75) is 6.42 Å². The van der Waals surface area contributed by atoms with Crippen molar-refractivity contribution in [1.82, 2.24) is 14.4 Å². The molecule has 4 aromatic rings. The second-order valence-electron chi connectivity index (χ2n) is 9.44. The van der Waals surface area contributed by atoms with E-state index in [-0.39, 0.29) is 5.91 Å². The molecule has 2 fully saturated rings. The Morgan fingerprint density at radius 2 is 1.66 bits per heavy atom. The SMILES string of the molecule is O=C1/C(=C/c2cccn2-c2ccc3ccccc3c2)SC(=Nc2ccccc2)N1CCCN1CCOCC1. The number of nitrogens with zero attached hydrogens (tertiary/aromatic N) is 4. The highest BCUT2D eigenvalue weighted by Gasteiger charge is 2.33. The van der Waals surface area contributed by atoms with Gasteiger partial charge in [0.05, 0.1) is 23.8 Å². The van der Waals surface area contributed by atoms with E-state index in [1.807, 2.05) is 59.6 Å². The van der Waals surface area contributed by atoms with Gasteiger partial charge in [0, 0.05) is 43.8 Å². The zero-order chi connectivity index (χ0) is 25.7. The summed E-state index contributed by atoms with van der Waals surface area (Å²) in [5, 5.41) is 3.13. The number of carbonyl (C=O) groups is 1. The highest BCUT2D eigenvalue weighted by atomic mass is 32.2. The maximum absolute atomic E-state index is 13.7. The van der Waals surface area contributed by atoms with E-state index >= 15 is 0 Å². The minimum absolute atomic E-state index is 0.0120. The molecule has 2 saturated heterocycles. The molecule has 192 valence electrons. The number of thioether (sulfide) groups is 1. The molecule has 0 aliphatic carbocycles. The molecule has 2 aliphatic heterocycles. The minimum atomic E-state index is 0.0120. The van der Waals surface area contributed by atoms with E-state index in [1.165, 1.54) is 22.5 Å². The molecule has 6 nitrogen and oxygen atoms in total. The predicted octanol–water partition coefficient (Wildman–Crippen LogP) is 5.96. The van der Waals surface area contributed by atoms with Gasteiger partial charge in [-0.15, -0.1) is 0 Å². The number of benzene rings is 3. The number of fused-ring (bicyclic) bond motifs is 1. The number of hydrogen-bond acceptors (Lipinski definition) is 5. The summed E-state index contributed by atoms with van der Waals surface area (Å²) in [5.41, 5.74) is 2.88. The van der Waals surface area contributed by atoms with Gasteiger partial charge in [-0.05, 0) is 71.4 Å². The van der Waals surface area contributed by atoms with Gasteiger partial charge in [0.1, 0.15) is 0 Å². The van der Waals surface area contributed by atoms with Crippen molar-refractivity contribution in [2.24, 2.45) is 4.99 Å². The Labute approximate surface area is 227 Å². The van der Waals surface area contributed by atoms with Crippen molar-refractivity contribution in [3.63, 3.8) is 0 Å². The third-order valence-electron chi connectivity index (χ3n) is 6.90. The molecule has 3 heterocycles. The number of rotatable bonds is 7. The van der Waals surface area contributed by atoms with Crippen LogP contribution >= 0.6 is 11.8 Å². The van der Waals surface area contributed by atoms with Crippen LogP contribution < -0.4 is 0 Å². The summed E-state index contributed by atoms with van der Waals surface area (Å²) in [6.45, 7) is 5.04. The number of para-hydroxylation sites is 1. The lowest BCUT2D eigenvalue weighted by molar-refractivity contribution is -0.122. The van der Waals surface area contributed by atoms with Crippen LogP contribution in [0.3, 0.4) is 0 Å². The number of amides is 1. The first kappa shape index (κ1) is 24.7. The smallest absolute Gasteiger partial charge is 0.266 e. The van der Waals surface area contributed by atoms with Crippen LogP contribution in [0.1, 0.15) is 12.1 Å². The number of morpholine rings is 1. The van der Waals surface area contributed by atoms with Crippen molar-refractivity contribution < 1.29 is 9.53 Å². The van der Waals surface area contributed by atoms with Gasteiger partial charge in [-0.25, -0.2) is 4.99 Å². The van der Waals surface area contributed by atoms with Gasteiger partial charge in [-0.3, -0.25) is 14.6 Å². The molecule has 0 spiro atoms. The lowest BCUT2D eigenvalue weighted by Crippen LogP contribution is -2.38. The standard InChI is InChI=1S/C31H30N4O2S/c36-30-29(23-27-12-6-16-34(27)28-14-13-24-8-4-5-9-25(24)22-28)38-31(32-26-10-2-1-3-11-26)35(30)17-7-15-33-18-20-37-21-19-33/h1-6,8-14,16,22-23H,7,15,17-21H2/b29-23-,32-31?.